The first-order valence-corrected chi connectivity index (χ1v) is 8.65. The third kappa shape index (κ3) is 5.98. The molecule has 21 heavy (non-hydrogen) atoms. The van der Waals surface area contributed by atoms with Crippen molar-refractivity contribution in [1.29, 1.82) is 0 Å². The predicted octanol–water partition coefficient (Wildman–Crippen LogP) is 2.66. The molecular formula is C16H24N2O2S. The fourth-order valence-corrected chi connectivity index (χ4v) is 3.15. The molecule has 0 aromatic heterocycles. The number of rotatable bonds is 6. The van der Waals surface area contributed by atoms with E-state index in [1.807, 2.05) is 16.7 Å². The summed E-state index contributed by atoms with van der Waals surface area (Å²) in [5.41, 5.74) is 2.68. The molecular weight excluding hydrogens is 284 g/mol. The normalized spacial score (nSPS) is 15.0. The lowest BCUT2D eigenvalue weighted by atomic mass is 10.2. The Labute approximate surface area is 131 Å². The highest BCUT2D eigenvalue weighted by atomic mass is 32.2. The maximum Gasteiger partial charge on any atom is 0.317 e. The van der Waals surface area contributed by atoms with Gasteiger partial charge < -0.3 is 15.0 Å². The van der Waals surface area contributed by atoms with Crippen molar-refractivity contribution in [2.24, 2.45) is 0 Å². The van der Waals surface area contributed by atoms with E-state index in [0.29, 0.717) is 26.3 Å². The SMILES string of the molecule is Cc1cccc(CSCCCNC(=O)N2CCOCC2)c1. The van der Waals surface area contributed by atoms with Crippen molar-refractivity contribution < 1.29 is 9.53 Å². The zero-order chi connectivity index (χ0) is 14.9. The minimum Gasteiger partial charge on any atom is -0.378 e. The Morgan fingerprint density at radius 1 is 1.38 bits per heavy atom. The Kier molecular flexibility index (Phi) is 6.89. The molecule has 0 spiro atoms. The van der Waals surface area contributed by atoms with Crippen molar-refractivity contribution in [3.05, 3.63) is 35.4 Å². The molecule has 0 unspecified atom stereocenters. The van der Waals surface area contributed by atoms with Crippen molar-refractivity contribution >= 4 is 17.8 Å². The lowest BCUT2D eigenvalue weighted by Gasteiger charge is -2.26. The van der Waals surface area contributed by atoms with Gasteiger partial charge in [-0.25, -0.2) is 4.79 Å². The number of aryl methyl sites for hydroxylation is 1. The summed E-state index contributed by atoms with van der Waals surface area (Å²) in [5.74, 6) is 2.11. The molecule has 0 bridgehead atoms. The number of nitrogens with zero attached hydrogens (tertiary/aromatic N) is 1. The summed E-state index contributed by atoms with van der Waals surface area (Å²) in [6.07, 6.45) is 1.01. The van der Waals surface area contributed by atoms with Gasteiger partial charge in [-0.3, -0.25) is 0 Å². The van der Waals surface area contributed by atoms with E-state index in [2.05, 4.69) is 36.5 Å². The first kappa shape index (κ1) is 16.2. The molecule has 1 aliphatic heterocycles. The van der Waals surface area contributed by atoms with Crippen LogP contribution in [0.1, 0.15) is 17.5 Å². The number of benzene rings is 1. The Morgan fingerprint density at radius 3 is 2.95 bits per heavy atom. The third-order valence-electron chi connectivity index (χ3n) is 3.39. The van der Waals surface area contributed by atoms with Gasteiger partial charge in [0, 0.05) is 25.4 Å². The number of thioether (sulfide) groups is 1. The van der Waals surface area contributed by atoms with Crippen LogP contribution in [0.25, 0.3) is 0 Å². The van der Waals surface area contributed by atoms with Gasteiger partial charge >= 0.3 is 6.03 Å². The number of hydrogen-bond acceptors (Lipinski definition) is 3. The van der Waals surface area contributed by atoms with Crippen LogP contribution in [0.15, 0.2) is 24.3 Å². The largest absolute Gasteiger partial charge is 0.378 e. The number of morpholine rings is 1. The zero-order valence-corrected chi connectivity index (χ0v) is 13.5. The highest BCUT2D eigenvalue weighted by Gasteiger charge is 2.15. The number of carbonyl (C=O) groups excluding carboxylic acids is 1. The van der Waals surface area contributed by atoms with Crippen molar-refractivity contribution in [3.63, 3.8) is 0 Å². The maximum absolute atomic E-state index is 11.8. The van der Waals surface area contributed by atoms with Gasteiger partial charge in [-0.2, -0.15) is 11.8 Å². The van der Waals surface area contributed by atoms with Gasteiger partial charge in [0.25, 0.3) is 0 Å². The molecule has 0 saturated carbocycles. The summed E-state index contributed by atoms with van der Waals surface area (Å²) in [6, 6.07) is 8.67. The Balaban J connectivity index is 1.52. The van der Waals surface area contributed by atoms with Gasteiger partial charge in [0.15, 0.2) is 0 Å². The molecule has 5 heteroatoms. The number of hydrogen-bond donors (Lipinski definition) is 1. The van der Waals surface area contributed by atoms with Crippen LogP contribution in [0, 0.1) is 6.92 Å². The van der Waals surface area contributed by atoms with Gasteiger partial charge in [0.05, 0.1) is 13.2 Å². The number of carbonyl (C=O) groups is 1. The van der Waals surface area contributed by atoms with Crippen molar-refractivity contribution in [2.45, 2.75) is 19.1 Å². The van der Waals surface area contributed by atoms with Crippen LogP contribution in [0.5, 0.6) is 0 Å². The predicted molar refractivity (Wildman–Crippen MR) is 87.7 cm³/mol. The van der Waals surface area contributed by atoms with E-state index in [0.717, 1.165) is 24.5 Å². The van der Waals surface area contributed by atoms with E-state index < -0.39 is 0 Å². The van der Waals surface area contributed by atoms with Gasteiger partial charge in [-0.1, -0.05) is 29.8 Å². The van der Waals surface area contributed by atoms with Gasteiger partial charge in [-0.15, -0.1) is 0 Å². The highest BCUT2D eigenvalue weighted by Crippen LogP contribution is 2.14. The van der Waals surface area contributed by atoms with E-state index in [1.165, 1.54) is 11.1 Å². The Bertz CT molecular complexity index is 448. The van der Waals surface area contributed by atoms with E-state index in [1.54, 1.807) is 0 Å². The lowest BCUT2D eigenvalue weighted by Crippen LogP contribution is -2.46. The lowest BCUT2D eigenvalue weighted by molar-refractivity contribution is 0.0532. The number of ether oxygens (including phenoxy) is 1. The number of amides is 2. The van der Waals surface area contributed by atoms with Crippen LogP contribution in [-0.2, 0) is 10.5 Å². The summed E-state index contributed by atoms with van der Waals surface area (Å²) in [4.78, 5) is 13.7. The van der Waals surface area contributed by atoms with E-state index >= 15 is 0 Å². The quantitative estimate of drug-likeness (QED) is 0.822. The van der Waals surface area contributed by atoms with Crippen molar-refractivity contribution in [3.8, 4) is 0 Å². The second-order valence-electron chi connectivity index (χ2n) is 5.23. The first-order valence-electron chi connectivity index (χ1n) is 7.49. The minimum atomic E-state index is 0.0435. The maximum atomic E-state index is 11.8. The summed E-state index contributed by atoms with van der Waals surface area (Å²) in [7, 11) is 0. The molecule has 0 atom stereocenters. The molecule has 4 nitrogen and oxygen atoms in total. The number of nitrogens with one attached hydrogen (secondary N) is 1. The van der Waals surface area contributed by atoms with Crippen LogP contribution in [0.2, 0.25) is 0 Å². The van der Waals surface area contributed by atoms with Gasteiger partial charge in [0.2, 0.25) is 0 Å². The van der Waals surface area contributed by atoms with E-state index in [-0.39, 0.29) is 6.03 Å². The second kappa shape index (κ2) is 8.95. The third-order valence-corrected chi connectivity index (χ3v) is 4.51. The standard InChI is InChI=1S/C16H24N2O2S/c1-14-4-2-5-15(12-14)13-21-11-3-6-17-16(19)18-7-9-20-10-8-18/h2,4-5,12H,3,6-11,13H2,1H3,(H,17,19). The van der Waals surface area contributed by atoms with Crippen LogP contribution in [-0.4, -0.2) is 49.5 Å². The molecule has 2 amide bonds. The van der Waals surface area contributed by atoms with Crippen molar-refractivity contribution in [2.75, 3.05) is 38.6 Å². The van der Waals surface area contributed by atoms with Crippen LogP contribution in [0.4, 0.5) is 4.79 Å². The Hall–Kier alpha value is -1.20. The molecule has 0 aliphatic carbocycles. The first-order chi connectivity index (χ1) is 10.3. The van der Waals surface area contributed by atoms with Crippen LogP contribution in [0.3, 0.4) is 0 Å². The molecule has 1 aliphatic rings. The average Bonchev–Trinajstić information content (AvgIpc) is 2.51. The van der Waals surface area contributed by atoms with Crippen LogP contribution < -0.4 is 5.32 Å². The molecule has 0 radical (unpaired) electrons. The molecule has 1 N–H and O–H groups in total. The molecule has 116 valence electrons. The molecule has 1 aromatic carbocycles. The summed E-state index contributed by atoms with van der Waals surface area (Å²) >= 11 is 1.92. The van der Waals surface area contributed by atoms with E-state index in [9.17, 15) is 4.79 Å². The summed E-state index contributed by atoms with van der Waals surface area (Å²) in [5, 5.41) is 2.98. The summed E-state index contributed by atoms with van der Waals surface area (Å²) < 4.78 is 5.23. The highest BCUT2D eigenvalue weighted by molar-refractivity contribution is 7.98. The monoisotopic (exact) mass is 308 g/mol. The molecule has 1 heterocycles. The van der Waals surface area contributed by atoms with Crippen molar-refractivity contribution in [1.82, 2.24) is 10.2 Å². The number of urea groups is 1. The average molecular weight is 308 g/mol. The van der Waals surface area contributed by atoms with Gasteiger partial charge in [0.1, 0.15) is 0 Å². The molecule has 1 saturated heterocycles. The van der Waals surface area contributed by atoms with Gasteiger partial charge in [-0.05, 0) is 24.7 Å². The second-order valence-corrected chi connectivity index (χ2v) is 6.33. The molecule has 2 rings (SSSR count). The molecule has 1 fully saturated rings. The minimum absolute atomic E-state index is 0.0435. The zero-order valence-electron chi connectivity index (χ0n) is 12.6. The van der Waals surface area contributed by atoms with Crippen LogP contribution >= 0.6 is 11.8 Å². The molecule has 1 aromatic rings. The fraction of sp³-hybridized carbons (Fsp3) is 0.562. The topological polar surface area (TPSA) is 41.6 Å². The smallest absolute Gasteiger partial charge is 0.317 e. The van der Waals surface area contributed by atoms with E-state index in [4.69, 9.17) is 4.74 Å². The fourth-order valence-electron chi connectivity index (χ4n) is 2.24. The summed E-state index contributed by atoms with van der Waals surface area (Å²) in [6.45, 7) is 5.58. The Morgan fingerprint density at radius 2 is 2.19 bits per heavy atom.